The molecule has 9 heteroatoms. The molecule has 3 aromatic rings. The second kappa shape index (κ2) is 7.84. The number of aromatic nitrogens is 3. The highest BCUT2D eigenvalue weighted by Gasteiger charge is 2.28. The molecule has 144 valence electrons. The number of hydrogen-bond acceptors (Lipinski definition) is 8. The van der Waals surface area contributed by atoms with Crippen molar-refractivity contribution in [3.63, 3.8) is 0 Å². The maximum absolute atomic E-state index is 6.26. The number of nitrogens with one attached hydrogen (secondary N) is 1. The lowest BCUT2D eigenvalue weighted by Gasteiger charge is -2.22. The van der Waals surface area contributed by atoms with E-state index in [1.165, 1.54) is 11.8 Å². The number of thioether (sulfide) groups is 1. The molecule has 1 aliphatic heterocycles. The number of rotatable bonds is 4. The van der Waals surface area contributed by atoms with Crippen LogP contribution >= 0.6 is 27.7 Å². The molecule has 0 fully saturated rings. The summed E-state index contributed by atoms with van der Waals surface area (Å²) in [4.78, 5) is 4.53. The molecular formula is C19H17BrN4O3S. The Hall–Kier alpha value is -2.52. The van der Waals surface area contributed by atoms with Crippen LogP contribution in [0.3, 0.4) is 0 Å². The number of anilines is 1. The van der Waals surface area contributed by atoms with Gasteiger partial charge in [-0.1, -0.05) is 27.7 Å². The summed E-state index contributed by atoms with van der Waals surface area (Å²) in [6.07, 6.45) is 1.34. The Labute approximate surface area is 175 Å². The van der Waals surface area contributed by atoms with Crippen LogP contribution in [0.15, 0.2) is 46.0 Å². The molecule has 0 saturated heterocycles. The van der Waals surface area contributed by atoms with Crippen LogP contribution in [0.2, 0.25) is 0 Å². The van der Waals surface area contributed by atoms with Gasteiger partial charge in [0.1, 0.15) is 11.5 Å². The van der Waals surface area contributed by atoms with Crippen LogP contribution in [0.1, 0.15) is 11.8 Å². The average molecular weight is 461 g/mol. The number of halogens is 1. The highest BCUT2D eigenvalue weighted by Crippen LogP contribution is 2.42. The quantitative estimate of drug-likeness (QED) is 0.568. The van der Waals surface area contributed by atoms with Gasteiger partial charge in [-0.25, -0.2) is 0 Å². The van der Waals surface area contributed by atoms with Gasteiger partial charge in [-0.15, -0.1) is 10.2 Å². The van der Waals surface area contributed by atoms with Crippen molar-refractivity contribution in [2.24, 2.45) is 0 Å². The van der Waals surface area contributed by atoms with Gasteiger partial charge >= 0.3 is 0 Å². The number of nitrogens with zero attached hydrogens (tertiary/aromatic N) is 3. The zero-order valence-electron chi connectivity index (χ0n) is 15.4. The van der Waals surface area contributed by atoms with Crippen LogP contribution in [0, 0.1) is 0 Å². The van der Waals surface area contributed by atoms with E-state index >= 15 is 0 Å². The minimum Gasteiger partial charge on any atom is -0.497 e. The van der Waals surface area contributed by atoms with Gasteiger partial charge in [0, 0.05) is 15.7 Å². The van der Waals surface area contributed by atoms with Crippen LogP contribution in [0.4, 0.5) is 5.69 Å². The summed E-state index contributed by atoms with van der Waals surface area (Å²) in [6, 6.07) is 11.4. The number of methoxy groups -OCH3 is 2. The summed E-state index contributed by atoms with van der Waals surface area (Å²) in [5, 5.41) is 12.5. The second-order valence-corrected chi connectivity index (χ2v) is 7.58. The Morgan fingerprint density at radius 1 is 1.11 bits per heavy atom. The van der Waals surface area contributed by atoms with Crippen LogP contribution in [-0.2, 0) is 0 Å². The first kappa shape index (κ1) is 18.8. The largest absolute Gasteiger partial charge is 0.497 e. The molecule has 1 N–H and O–H groups in total. The highest BCUT2D eigenvalue weighted by molar-refractivity contribution is 9.10. The van der Waals surface area contributed by atoms with Gasteiger partial charge in [-0.2, -0.15) is 4.98 Å². The topological polar surface area (TPSA) is 78.4 Å². The predicted octanol–water partition coefficient (Wildman–Crippen LogP) is 4.54. The molecule has 0 amide bonds. The first-order valence-electron chi connectivity index (χ1n) is 8.36. The van der Waals surface area contributed by atoms with E-state index in [2.05, 4.69) is 36.4 Å². The Morgan fingerprint density at radius 2 is 1.96 bits per heavy atom. The molecule has 4 rings (SSSR count). The zero-order chi connectivity index (χ0) is 19.7. The van der Waals surface area contributed by atoms with Crippen molar-refractivity contribution in [1.29, 1.82) is 0 Å². The monoisotopic (exact) mass is 460 g/mol. The molecule has 28 heavy (non-hydrogen) atoms. The predicted molar refractivity (Wildman–Crippen MR) is 111 cm³/mol. The minimum atomic E-state index is -0.558. The summed E-state index contributed by atoms with van der Waals surface area (Å²) < 4.78 is 18.1. The minimum absolute atomic E-state index is 0.401. The van der Waals surface area contributed by atoms with Crippen LogP contribution in [0.25, 0.3) is 11.3 Å². The summed E-state index contributed by atoms with van der Waals surface area (Å²) in [5.74, 6) is 1.78. The van der Waals surface area contributed by atoms with Gasteiger partial charge in [-0.05, 0) is 42.7 Å². The van der Waals surface area contributed by atoms with Gasteiger partial charge in [0.2, 0.25) is 17.3 Å². The van der Waals surface area contributed by atoms with Crippen LogP contribution in [0.5, 0.6) is 17.4 Å². The molecule has 0 spiro atoms. The SMILES string of the molecule is COc1ccc(OC)c([C@@H]2Nc3ccc(Br)cc3-c3nnc(SC)nc3O2)c1. The third-order valence-corrected chi connectivity index (χ3v) is 5.32. The number of hydrogen-bond donors (Lipinski definition) is 1. The molecular weight excluding hydrogens is 444 g/mol. The third kappa shape index (κ3) is 3.47. The molecule has 1 aliphatic rings. The normalized spacial score (nSPS) is 14.8. The van der Waals surface area contributed by atoms with E-state index in [0.29, 0.717) is 28.2 Å². The molecule has 0 aliphatic carbocycles. The average Bonchev–Trinajstić information content (AvgIpc) is 2.89. The maximum atomic E-state index is 6.26. The van der Waals surface area contributed by atoms with E-state index in [1.807, 2.05) is 42.7 Å². The van der Waals surface area contributed by atoms with Gasteiger partial charge in [0.25, 0.3) is 0 Å². The zero-order valence-corrected chi connectivity index (χ0v) is 17.8. The standard InChI is InChI=1S/C19H17BrN4O3S/c1-25-11-5-7-15(26-2)13(9-11)17-21-14-6-4-10(20)8-12(14)16-18(27-17)22-19(28-3)24-23-16/h4-9,17,21H,1-3H3/t17-/m1/s1. The number of ether oxygens (including phenoxy) is 3. The summed E-state index contributed by atoms with van der Waals surface area (Å²) in [7, 11) is 3.24. The third-order valence-electron chi connectivity index (χ3n) is 4.29. The summed E-state index contributed by atoms with van der Waals surface area (Å²) >= 11 is 4.92. The first-order valence-corrected chi connectivity index (χ1v) is 10.4. The van der Waals surface area contributed by atoms with Crippen molar-refractivity contribution < 1.29 is 14.2 Å². The Bertz CT molecular complexity index is 1030. The first-order chi connectivity index (χ1) is 13.6. The fourth-order valence-corrected chi connectivity index (χ4v) is 3.60. The van der Waals surface area contributed by atoms with Crippen LogP contribution < -0.4 is 19.5 Å². The number of fused-ring (bicyclic) bond motifs is 3. The highest BCUT2D eigenvalue weighted by atomic mass is 79.9. The summed E-state index contributed by atoms with van der Waals surface area (Å²) in [5.41, 5.74) is 3.06. The molecule has 2 heterocycles. The molecule has 1 atom stereocenters. The molecule has 0 bridgehead atoms. The van der Waals surface area contributed by atoms with Crippen molar-refractivity contribution in [3.05, 3.63) is 46.4 Å². The Kier molecular flexibility index (Phi) is 5.27. The maximum Gasteiger partial charge on any atom is 0.247 e. The van der Waals surface area contributed by atoms with Gasteiger partial charge < -0.3 is 19.5 Å². The lowest BCUT2D eigenvalue weighted by Crippen LogP contribution is -2.18. The smallest absolute Gasteiger partial charge is 0.247 e. The van der Waals surface area contributed by atoms with Gasteiger partial charge in [0.15, 0.2) is 5.69 Å². The molecule has 0 saturated carbocycles. The van der Waals surface area contributed by atoms with E-state index in [4.69, 9.17) is 14.2 Å². The lowest BCUT2D eigenvalue weighted by molar-refractivity contribution is 0.219. The van der Waals surface area contributed by atoms with Crippen molar-refractivity contribution >= 4 is 33.4 Å². The van der Waals surface area contributed by atoms with E-state index < -0.39 is 6.23 Å². The van der Waals surface area contributed by atoms with Crippen molar-refractivity contribution in [3.8, 4) is 28.6 Å². The van der Waals surface area contributed by atoms with E-state index in [1.54, 1.807) is 14.2 Å². The summed E-state index contributed by atoms with van der Waals surface area (Å²) in [6.45, 7) is 0. The fourth-order valence-electron chi connectivity index (χ4n) is 2.94. The van der Waals surface area contributed by atoms with E-state index in [0.717, 1.165) is 21.3 Å². The Balaban J connectivity index is 1.89. The van der Waals surface area contributed by atoms with Gasteiger partial charge in [-0.3, -0.25) is 0 Å². The molecule has 0 radical (unpaired) electrons. The Morgan fingerprint density at radius 3 is 2.71 bits per heavy atom. The fraction of sp³-hybridized carbons (Fsp3) is 0.211. The second-order valence-electron chi connectivity index (χ2n) is 5.89. The molecule has 1 aromatic heterocycles. The van der Waals surface area contributed by atoms with Crippen molar-refractivity contribution in [2.45, 2.75) is 11.4 Å². The van der Waals surface area contributed by atoms with E-state index in [-0.39, 0.29) is 0 Å². The lowest BCUT2D eigenvalue weighted by atomic mass is 10.1. The van der Waals surface area contributed by atoms with Crippen LogP contribution in [-0.4, -0.2) is 35.7 Å². The van der Waals surface area contributed by atoms with Crippen molar-refractivity contribution in [2.75, 3.05) is 25.8 Å². The van der Waals surface area contributed by atoms with E-state index in [9.17, 15) is 0 Å². The van der Waals surface area contributed by atoms with Crippen molar-refractivity contribution in [1.82, 2.24) is 15.2 Å². The van der Waals surface area contributed by atoms with Gasteiger partial charge in [0.05, 0.1) is 19.8 Å². The molecule has 2 aromatic carbocycles. The molecule has 0 unspecified atom stereocenters. The number of benzene rings is 2. The molecule has 7 nitrogen and oxygen atoms in total.